The topological polar surface area (TPSA) is 63.0 Å². The highest BCUT2D eigenvalue weighted by atomic mass is 19.4. The summed E-state index contributed by atoms with van der Waals surface area (Å²) in [6.45, 7) is 4.91. The average Bonchev–Trinajstić information content (AvgIpc) is 2.79. The maximum atomic E-state index is 11.9. The predicted molar refractivity (Wildman–Crippen MR) is 64.8 cm³/mol. The molecule has 110 valence electrons. The molecule has 2 N–H and O–H groups in total. The van der Waals surface area contributed by atoms with E-state index in [1.807, 2.05) is 13.8 Å². The number of nitrogens with zero attached hydrogens (tertiary/aromatic N) is 2. The highest BCUT2D eigenvalue weighted by molar-refractivity contribution is 5.16. The molecule has 1 unspecified atom stereocenters. The molecule has 0 aliphatic carbocycles. The number of halogens is 3. The Morgan fingerprint density at radius 1 is 1.26 bits per heavy atom. The smallest absolute Gasteiger partial charge is 0.389 e. The molecule has 0 saturated carbocycles. The van der Waals surface area contributed by atoms with E-state index < -0.39 is 12.6 Å². The minimum atomic E-state index is -4.12. The van der Waals surface area contributed by atoms with E-state index in [1.165, 1.54) is 0 Å². The molecule has 0 fully saturated rings. The molecule has 1 rings (SSSR count). The molecule has 0 aliphatic heterocycles. The average molecular weight is 280 g/mol. The summed E-state index contributed by atoms with van der Waals surface area (Å²) < 4.78 is 41.1. The summed E-state index contributed by atoms with van der Waals surface area (Å²) in [5, 5.41) is 13.4. The van der Waals surface area contributed by atoms with Gasteiger partial charge in [0.25, 0.3) is 0 Å². The lowest BCUT2D eigenvalue weighted by Crippen LogP contribution is -2.19. The molecular formula is C11H19F3N4O. The van der Waals surface area contributed by atoms with Crippen molar-refractivity contribution >= 4 is 6.01 Å². The maximum Gasteiger partial charge on any atom is 0.389 e. The maximum absolute atomic E-state index is 11.9. The minimum absolute atomic E-state index is 0.0230. The van der Waals surface area contributed by atoms with E-state index in [0.717, 1.165) is 13.0 Å². The first-order valence-corrected chi connectivity index (χ1v) is 6.29. The van der Waals surface area contributed by atoms with Crippen LogP contribution in [0.25, 0.3) is 0 Å². The molecule has 0 bridgehead atoms. The second kappa shape index (κ2) is 7.32. The largest absolute Gasteiger partial charge is 0.406 e. The van der Waals surface area contributed by atoms with Gasteiger partial charge in [-0.25, -0.2) is 0 Å². The Balaban J connectivity index is 2.30. The number of anilines is 1. The van der Waals surface area contributed by atoms with E-state index in [1.54, 1.807) is 0 Å². The minimum Gasteiger partial charge on any atom is -0.406 e. The van der Waals surface area contributed by atoms with Gasteiger partial charge in [-0.15, -0.1) is 5.10 Å². The van der Waals surface area contributed by atoms with E-state index in [0.29, 0.717) is 5.89 Å². The Kier molecular flexibility index (Phi) is 6.07. The van der Waals surface area contributed by atoms with Gasteiger partial charge in [0.05, 0.1) is 6.04 Å². The lowest BCUT2D eigenvalue weighted by Gasteiger charge is -2.07. The van der Waals surface area contributed by atoms with E-state index in [4.69, 9.17) is 4.42 Å². The molecule has 0 saturated heterocycles. The van der Waals surface area contributed by atoms with Gasteiger partial charge in [-0.05, 0) is 26.3 Å². The van der Waals surface area contributed by atoms with E-state index >= 15 is 0 Å². The zero-order valence-corrected chi connectivity index (χ0v) is 11.0. The van der Waals surface area contributed by atoms with Gasteiger partial charge < -0.3 is 15.1 Å². The van der Waals surface area contributed by atoms with Crippen LogP contribution in [0.1, 0.15) is 45.0 Å². The van der Waals surface area contributed by atoms with Crippen molar-refractivity contribution in [1.29, 1.82) is 0 Å². The van der Waals surface area contributed by atoms with Gasteiger partial charge in [0.1, 0.15) is 0 Å². The van der Waals surface area contributed by atoms with Crippen LogP contribution in [-0.4, -0.2) is 29.5 Å². The Labute approximate surface area is 110 Å². The highest BCUT2D eigenvalue weighted by Crippen LogP contribution is 2.21. The summed E-state index contributed by atoms with van der Waals surface area (Å²) in [6.07, 6.45) is -3.98. The second-order valence-electron chi connectivity index (χ2n) is 4.27. The normalized spacial score (nSPS) is 13.5. The van der Waals surface area contributed by atoms with Crippen molar-refractivity contribution in [3.63, 3.8) is 0 Å². The molecule has 1 heterocycles. The van der Waals surface area contributed by atoms with Crippen LogP contribution in [0.2, 0.25) is 0 Å². The third kappa shape index (κ3) is 6.42. The third-order valence-electron chi connectivity index (χ3n) is 2.42. The van der Waals surface area contributed by atoms with Crippen molar-refractivity contribution in [3.8, 4) is 0 Å². The van der Waals surface area contributed by atoms with Gasteiger partial charge in [-0.1, -0.05) is 12.0 Å². The standard InChI is InChI=1S/C11H19F3N4O/c1-3-6-15-8(2)9-17-18-10(19-9)16-7-4-5-11(12,13)14/h8,15H,3-7H2,1-2H3,(H,16,18). The fourth-order valence-electron chi connectivity index (χ4n) is 1.41. The number of alkyl halides is 3. The summed E-state index contributed by atoms with van der Waals surface area (Å²) in [6, 6.07) is 0.0838. The number of nitrogens with one attached hydrogen (secondary N) is 2. The van der Waals surface area contributed by atoms with E-state index in [-0.39, 0.29) is 25.0 Å². The fourth-order valence-corrected chi connectivity index (χ4v) is 1.41. The van der Waals surface area contributed by atoms with Crippen molar-refractivity contribution in [3.05, 3.63) is 5.89 Å². The molecule has 0 aliphatic rings. The molecular weight excluding hydrogens is 261 g/mol. The lowest BCUT2D eigenvalue weighted by atomic mass is 10.3. The second-order valence-corrected chi connectivity index (χ2v) is 4.27. The van der Waals surface area contributed by atoms with Crippen molar-refractivity contribution in [1.82, 2.24) is 15.5 Å². The van der Waals surface area contributed by atoms with Gasteiger partial charge in [0.2, 0.25) is 5.89 Å². The Bertz CT molecular complexity index is 367. The highest BCUT2D eigenvalue weighted by Gasteiger charge is 2.26. The quantitative estimate of drug-likeness (QED) is 0.717. The summed E-state index contributed by atoms with van der Waals surface area (Å²) in [5.41, 5.74) is 0. The van der Waals surface area contributed by atoms with Crippen LogP contribution in [0.15, 0.2) is 4.42 Å². The van der Waals surface area contributed by atoms with Gasteiger partial charge in [-0.2, -0.15) is 13.2 Å². The van der Waals surface area contributed by atoms with Crippen LogP contribution in [0.3, 0.4) is 0 Å². The first-order chi connectivity index (χ1) is 8.92. The van der Waals surface area contributed by atoms with Crippen LogP contribution < -0.4 is 10.6 Å². The Hall–Kier alpha value is -1.31. The van der Waals surface area contributed by atoms with Gasteiger partial charge >= 0.3 is 12.2 Å². The first kappa shape index (κ1) is 15.7. The molecule has 1 aromatic heterocycles. The van der Waals surface area contributed by atoms with Crippen molar-refractivity contribution < 1.29 is 17.6 Å². The number of hydrogen-bond acceptors (Lipinski definition) is 5. The third-order valence-corrected chi connectivity index (χ3v) is 2.42. The molecule has 0 aromatic carbocycles. The molecule has 0 spiro atoms. The first-order valence-electron chi connectivity index (χ1n) is 6.29. The van der Waals surface area contributed by atoms with Crippen molar-refractivity contribution in [2.24, 2.45) is 0 Å². The van der Waals surface area contributed by atoms with E-state index in [2.05, 4.69) is 20.8 Å². The fraction of sp³-hybridized carbons (Fsp3) is 0.818. The summed E-state index contributed by atoms with van der Waals surface area (Å²) in [5.74, 6) is 0.423. The zero-order chi connectivity index (χ0) is 14.3. The Morgan fingerprint density at radius 2 is 2.00 bits per heavy atom. The van der Waals surface area contributed by atoms with Crippen LogP contribution in [-0.2, 0) is 0 Å². The number of aromatic nitrogens is 2. The molecule has 19 heavy (non-hydrogen) atoms. The van der Waals surface area contributed by atoms with Gasteiger partial charge in [0, 0.05) is 13.0 Å². The van der Waals surface area contributed by atoms with Crippen LogP contribution in [0, 0.1) is 0 Å². The summed E-state index contributed by atoms with van der Waals surface area (Å²) in [7, 11) is 0. The molecule has 0 amide bonds. The molecule has 1 atom stereocenters. The van der Waals surface area contributed by atoms with Crippen molar-refractivity contribution in [2.45, 2.75) is 45.3 Å². The van der Waals surface area contributed by atoms with Crippen LogP contribution in [0.4, 0.5) is 19.2 Å². The molecule has 8 heteroatoms. The van der Waals surface area contributed by atoms with Gasteiger partial charge in [0.15, 0.2) is 0 Å². The Morgan fingerprint density at radius 3 is 2.63 bits per heavy atom. The lowest BCUT2D eigenvalue weighted by molar-refractivity contribution is -0.134. The predicted octanol–water partition coefficient (Wildman–Crippen LogP) is 2.88. The van der Waals surface area contributed by atoms with Gasteiger partial charge in [-0.3, -0.25) is 0 Å². The summed E-state index contributed by atoms with van der Waals surface area (Å²) >= 11 is 0. The molecule has 1 aromatic rings. The SMILES string of the molecule is CCCNC(C)c1nnc(NCCCC(F)(F)F)o1. The molecule has 5 nitrogen and oxygen atoms in total. The zero-order valence-electron chi connectivity index (χ0n) is 11.0. The number of hydrogen-bond donors (Lipinski definition) is 2. The monoisotopic (exact) mass is 280 g/mol. The number of rotatable bonds is 8. The van der Waals surface area contributed by atoms with Crippen molar-refractivity contribution in [2.75, 3.05) is 18.4 Å². The molecule has 0 radical (unpaired) electrons. The van der Waals surface area contributed by atoms with E-state index in [9.17, 15) is 13.2 Å². The summed E-state index contributed by atoms with van der Waals surface area (Å²) in [4.78, 5) is 0. The van der Waals surface area contributed by atoms with Crippen LogP contribution >= 0.6 is 0 Å². The van der Waals surface area contributed by atoms with Crippen LogP contribution in [0.5, 0.6) is 0 Å².